The van der Waals surface area contributed by atoms with Gasteiger partial charge in [0.25, 0.3) is 0 Å². The first-order chi connectivity index (χ1) is 15.7. The number of phenols is 1. The maximum atomic E-state index is 10.2. The van der Waals surface area contributed by atoms with Crippen molar-refractivity contribution < 1.29 is 5.11 Å². The van der Waals surface area contributed by atoms with Crippen molar-refractivity contribution in [2.24, 2.45) is 0 Å². The number of piperazine rings is 1. The molecule has 32 heavy (non-hydrogen) atoms. The van der Waals surface area contributed by atoms with Crippen molar-refractivity contribution in [2.45, 2.75) is 6.54 Å². The van der Waals surface area contributed by atoms with E-state index in [4.69, 9.17) is 21.6 Å². The molecule has 2 N–H and O–H groups in total. The highest BCUT2D eigenvalue weighted by molar-refractivity contribution is 6.31. The number of hydrogen-bond acceptors (Lipinski definition) is 8. The molecule has 2 aromatic carbocycles. The number of anilines is 3. The molecule has 2 aromatic heterocycles. The summed E-state index contributed by atoms with van der Waals surface area (Å²) in [5, 5.41) is 14.9. The van der Waals surface area contributed by atoms with Crippen LogP contribution in [0.25, 0.3) is 10.9 Å². The van der Waals surface area contributed by atoms with Crippen molar-refractivity contribution in [2.75, 3.05) is 36.4 Å². The van der Waals surface area contributed by atoms with E-state index in [1.807, 2.05) is 30.3 Å². The lowest BCUT2D eigenvalue weighted by Gasteiger charge is -2.34. The molecule has 0 saturated carbocycles. The summed E-state index contributed by atoms with van der Waals surface area (Å²) in [4.78, 5) is 22.7. The van der Waals surface area contributed by atoms with Crippen LogP contribution in [0.4, 0.5) is 17.5 Å². The number of fused-ring (bicyclic) bond motifs is 1. The second kappa shape index (κ2) is 8.94. The van der Waals surface area contributed by atoms with E-state index in [0.29, 0.717) is 23.1 Å². The van der Waals surface area contributed by atoms with Crippen LogP contribution in [-0.4, -0.2) is 56.1 Å². The summed E-state index contributed by atoms with van der Waals surface area (Å²) in [5.74, 6) is 2.23. The van der Waals surface area contributed by atoms with Crippen LogP contribution in [0.1, 0.15) is 5.82 Å². The second-order valence-electron chi connectivity index (χ2n) is 7.60. The number of rotatable bonds is 5. The minimum absolute atomic E-state index is 0.109. The number of aromatic nitrogens is 4. The fourth-order valence-electron chi connectivity index (χ4n) is 3.79. The van der Waals surface area contributed by atoms with Gasteiger partial charge in [-0.3, -0.25) is 4.90 Å². The van der Waals surface area contributed by atoms with Crippen molar-refractivity contribution in [3.8, 4) is 5.75 Å². The zero-order chi connectivity index (χ0) is 21.9. The van der Waals surface area contributed by atoms with E-state index in [1.165, 1.54) is 0 Å². The Morgan fingerprint density at radius 3 is 2.53 bits per heavy atom. The molecule has 1 fully saturated rings. The molecule has 0 atom stereocenters. The number of nitrogens with one attached hydrogen (secondary N) is 1. The van der Waals surface area contributed by atoms with Crippen LogP contribution in [0.5, 0.6) is 5.75 Å². The quantitative estimate of drug-likeness (QED) is 0.446. The molecule has 9 heteroatoms. The van der Waals surface area contributed by atoms with Crippen LogP contribution in [-0.2, 0) is 6.54 Å². The molecule has 0 bridgehead atoms. The van der Waals surface area contributed by atoms with Crippen LogP contribution < -0.4 is 10.2 Å². The van der Waals surface area contributed by atoms with Gasteiger partial charge in [0.05, 0.1) is 17.7 Å². The monoisotopic (exact) mass is 447 g/mol. The summed E-state index contributed by atoms with van der Waals surface area (Å²) in [5.41, 5.74) is 1.35. The number of aromatic hydroxyl groups is 1. The average molecular weight is 448 g/mol. The fraction of sp³-hybridized carbons (Fsp3) is 0.217. The Hall–Kier alpha value is -3.49. The number of phenolic OH excluding ortho intramolecular Hbond substituents is 1. The first kappa shape index (κ1) is 20.4. The molecule has 1 aliphatic heterocycles. The second-order valence-corrected chi connectivity index (χ2v) is 8.04. The Labute approximate surface area is 190 Å². The van der Waals surface area contributed by atoms with Gasteiger partial charge in [0.2, 0.25) is 5.95 Å². The lowest BCUT2D eigenvalue weighted by molar-refractivity contribution is 0.243. The summed E-state index contributed by atoms with van der Waals surface area (Å²) in [6.07, 6.45) is 3.54. The van der Waals surface area contributed by atoms with Crippen molar-refractivity contribution in [3.63, 3.8) is 0 Å². The summed E-state index contributed by atoms with van der Waals surface area (Å²) in [7, 11) is 0. The van der Waals surface area contributed by atoms with Gasteiger partial charge in [-0.2, -0.15) is 0 Å². The molecule has 0 amide bonds. The van der Waals surface area contributed by atoms with Gasteiger partial charge in [0.15, 0.2) is 0 Å². The number of halogens is 1. The van der Waals surface area contributed by atoms with E-state index in [2.05, 4.69) is 25.1 Å². The van der Waals surface area contributed by atoms with Crippen molar-refractivity contribution >= 4 is 40.0 Å². The van der Waals surface area contributed by atoms with Crippen LogP contribution >= 0.6 is 11.6 Å². The van der Waals surface area contributed by atoms with E-state index in [-0.39, 0.29) is 5.75 Å². The van der Waals surface area contributed by atoms with E-state index < -0.39 is 0 Å². The SMILES string of the molecule is Oc1ccc(Cl)cc1Nc1nc(CN2CCN(c3ncccn3)CC2)nc2ccccc12. The predicted molar refractivity (Wildman–Crippen MR) is 125 cm³/mol. The van der Waals surface area contributed by atoms with Crippen LogP contribution in [0, 0.1) is 0 Å². The largest absolute Gasteiger partial charge is 0.506 e. The molecule has 8 nitrogen and oxygen atoms in total. The van der Waals surface area contributed by atoms with Crippen LogP contribution in [0.2, 0.25) is 5.02 Å². The van der Waals surface area contributed by atoms with E-state index >= 15 is 0 Å². The van der Waals surface area contributed by atoms with Gasteiger partial charge < -0.3 is 15.3 Å². The Bertz CT molecular complexity index is 1230. The van der Waals surface area contributed by atoms with Gasteiger partial charge in [0, 0.05) is 49.0 Å². The smallest absolute Gasteiger partial charge is 0.225 e. The summed E-state index contributed by atoms with van der Waals surface area (Å²) < 4.78 is 0. The Kier molecular flexibility index (Phi) is 5.70. The third kappa shape index (κ3) is 4.42. The van der Waals surface area contributed by atoms with E-state index in [9.17, 15) is 5.11 Å². The maximum absolute atomic E-state index is 10.2. The Balaban J connectivity index is 1.36. The van der Waals surface area contributed by atoms with Crippen LogP contribution in [0.3, 0.4) is 0 Å². The number of hydrogen-bond donors (Lipinski definition) is 2. The first-order valence-corrected chi connectivity index (χ1v) is 10.8. The maximum Gasteiger partial charge on any atom is 0.225 e. The van der Waals surface area contributed by atoms with Crippen molar-refractivity contribution in [3.05, 3.63) is 71.8 Å². The lowest BCUT2D eigenvalue weighted by Crippen LogP contribution is -2.46. The van der Waals surface area contributed by atoms with Gasteiger partial charge in [-0.25, -0.2) is 19.9 Å². The summed E-state index contributed by atoms with van der Waals surface area (Å²) in [6, 6.07) is 14.5. The molecular formula is C23H22ClN7O. The fourth-order valence-corrected chi connectivity index (χ4v) is 3.96. The van der Waals surface area contributed by atoms with Gasteiger partial charge in [-0.1, -0.05) is 23.7 Å². The highest BCUT2D eigenvalue weighted by Gasteiger charge is 2.20. The standard InChI is InChI=1S/C23H22ClN7O/c24-16-6-7-20(32)19(14-16)28-22-17-4-1-2-5-18(17)27-21(29-22)15-30-10-12-31(13-11-30)23-25-8-3-9-26-23/h1-9,14,32H,10-13,15H2,(H,27,28,29). The highest BCUT2D eigenvalue weighted by Crippen LogP contribution is 2.31. The first-order valence-electron chi connectivity index (χ1n) is 10.4. The minimum atomic E-state index is 0.109. The van der Waals surface area contributed by atoms with Crippen LogP contribution in [0.15, 0.2) is 60.9 Å². The molecule has 5 rings (SSSR count). The molecule has 0 unspecified atom stereocenters. The number of nitrogens with zero attached hydrogens (tertiary/aromatic N) is 6. The average Bonchev–Trinajstić information content (AvgIpc) is 2.82. The topological polar surface area (TPSA) is 90.3 Å². The van der Waals surface area contributed by atoms with E-state index in [0.717, 1.165) is 48.9 Å². The third-order valence-electron chi connectivity index (χ3n) is 5.43. The molecule has 0 spiro atoms. The Morgan fingerprint density at radius 1 is 0.938 bits per heavy atom. The van der Waals surface area contributed by atoms with Gasteiger partial charge in [0.1, 0.15) is 17.4 Å². The zero-order valence-corrected chi connectivity index (χ0v) is 18.1. The predicted octanol–water partition coefficient (Wildman–Crippen LogP) is 3.84. The van der Waals surface area contributed by atoms with E-state index in [1.54, 1.807) is 30.6 Å². The summed E-state index contributed by atoms with van der Waals surface area (Å²) in [6.45, 7) is 4.06. The molecule has 4 aromatic rings. The van der Waals surface area contributed by atoms with Gasteiger partial charge >= 0.3 is 0 Å². The molecule has 1 aliphatic rings. The minimum Gasteiger partial charge on any atom is -0.506 e. The third-order valence-corrected chi connectivity index (χ3v) is 5.67. The number of benzene rings is 2. The Morgan fingerprint density at radius 2 is 1.72 bits per heavy atom. The zero-order valence-electron chi connectivity index (χ0n) is 17.3. The van der Waals surface area contributed by atoms with Gasteiger partial charge in [-0.05, 0) is 36.4 Å². The molecule has 0 aliphatic carbocycles. The highest BCUT2D eigenvalue weighted by atomic mass is 35.5. The molecule has 0 radical (unpaired) electrons. The number of para-hydroxylation sites is 1. The lowest BCUT2D eigenvalue weighted by atomic mass is 10.2. The van der Waals surface area contributed by atoms with Crippen molar-refractivity contribution in [1.82, 2.24) is 24.8 Å². The molecule has 1 saturated heterocycles. The van der Waals surface area contributed by atoms with Gasteiger partial charge in [-0.15, -0.1) is 0 Å². The molecular weight excluding hydrogens is 426 g/mol. The van der Waals surface area contributed by atoms with Crippen molar-refractivity contribution in [1.29, 1.82) is 0 Å². The summed E-state index contributed by atoms with van der Waals surface area (Å²) >= 11 is 6.11. The molecule has 3 heterocycles. The molecule has 162 valence electrons. The normalized spacial score (nSPS) is 14.6.